The van der Waals surface area contributed by atoms with Gasteiger partial charge in [-0.3, -0.25) is 9.59 Å². The van der Waals surface area contributed by atoms with Crippen molar-refractivity contribution in [3.05, 3.63) is 47.2 Å². The molecule has 2 aromatic rings. The highest BCUT2D eigenvalue weighted by Crippen LogP contribution is 2.28. The predicted molar refractivity (Wildman–Crippen MR) is 70.1 cm³/mol. The molecule has 1 atom stereocenters. The second kappa shape index (κ2) is 4.05. The number of benzene rings is 1. The van der Waals surface area contributed by atoms with Gasteiger partial charge in [-0.1, -0.05) is 29.8 Å². The number of nitrogens with one attached hydrogen (secondary N) is 1. The average molecular weight is 255 g/mol. The molecule has 1 N–H and O–H groups in total. The summed E-state index contributed by atoms with van der Waals surface area (Å²) < 4.78 is 1.27. The lowest BCUT2D eigenvalue weighted by atomic mass is 9.95. The first kappa shape index (κ1) is 11.6. The van der Waals surface area contributed by atoms with Crippen molar-refractivity contribution in [3.8, 4) is 0 Å². The Labute approximate surface area is 110 Å². The van der Waals surface area contributed by atoms with Crippen LogP contribution in [0.25, 0.3) is 0 Å². The van der Waals surface area contributed by atoms with Crippen LogP contribution < -0.4 is 5.32 Å². The van der Waals surface area contributed by atoms with Gasteiger partial charge in [-0.15, -0.1) is 0 Å². The van der Waals surface area contributed by atoms with E-state index in [-0.39, 0.29) is 11.8 Å². The number of aromatic nitrogens is 2. The smallest absolute Gasteiger partial charge is 0.265 e. The zero-order chi connectivity index (χ0) is 13.6. The van der Waals surface area contributed by atoms with Crippen LogP contribution in [0.4, 0.5) is 5.82 Å². The van der Waals surface area contributed by atoms with E-state index in [9.17, 15) is 9.59 Å². The summed E-state index contributed by atoms with van der Waals surface area (Å²) in [7, 11) is 0. The molecule has 1 aromatic carbocycles. The van der Waals surface area contributed by atoms with E-state index in [4.69, 9.17) is 0 Å². The molecule has 0 saturated carbocycles. The number of rotatable bonds is 1. The minimum absolute atomic E-state index is 0.301. The molecule has 0 bridgehead atoms. The van der Waals surface area contributed by atoms with Gasteiger partial charge in [0.1, 0.15) is 11.7 Å². The molecule has 0 saturated heterocycles. The van der Waals surface area contributed by atoms with Crippen LogP contribution in [-0.4, -0.2) is 21.6 Å². The monoisotopic (exact) mass is 255 g/mol. The van der Waals surface area contributed by atoms with Crippen molar-refractivity contribution in [3.63, 3.8) is 0 Å². The van der Waals surface area contributed by atoms with Crippen molar-refractivity contribution in [2.45, 2.75) is 19.8 Å². The molecular formula is C14H13N3O2. The number of hydrogen-bond acceptors (Lipinski definition) is 3. The molecule has 2 heterocycles. The van der Waals surface area contributed by atoms with Crippen molar-refractivity contribution >= 4 is 17.6 Å². The number of carbonyl (C=O) groups is 2. The van der Waals surface area contributed by atoms with Crippen LogP contribution in [0.5, 0.6) is 0 Å². The van der Waals surface area contributed by atoms with Gasteiger partial charge in [-0.25, -0.2) is 0 Å². The topological polar surface area (TPSA) is 64.0 Å². The second-order valence-electron chi connectivity index (χ2n) is 4.76. The number of aryl methyl sites for hydroxylation is 2. The van der Waals surface area contributed by atoms with E-state index in [1.165, 1.54) is 4.68 Å². The van der Waals surface area contributed by atoms with E-state index in [2.05, 4.69) is 10.4 Å². The van der Waals surface area contributed by atoms with Crippen molar-refractivity contribution in [2.24, 2.45) is 0 Å². The SMILES string of the molecule is Cc1ccc(C2C(=O)Nc3c(C)cnn3C2=O)cc1. The molecule has 0 radical (unpaired) electrons. The Bertz CT molecular complexity index is 670. The van der Waals surface area contributed by atoms with Crippen LogP contribution >= 0.6 is 0 Å². The van der Waals surface area contributed by atoms with Gasteiger partial charge in [0.15, 0.2) is 0 Å². The van der Waals surface area contributed by atoms with E-state index in [1.807, 2.05) is 19.1 Å². The van der Waals surface area contributed by atoms with Crippen molar-refractivity contribution in [1.82, 2.24) is 9.78 Å². The maximum absolute atomic E-state index is 12.4. The summed E-state index contributed by atoms with van der Waals surface area (Å²) in [6.07, 6.45) is 1.57. The molecule has 0 fully saturated rings. The molecule has 1 aliphatic rings. The zero-order valence-electron chi connectivity index (χ0n) is 10.7. The number of anilines is 1. The van der Waals surface area contributed by atoms with Gasteiger partial charge in [0.2, 0.25) is 5.91 Å². The van der Waals surface area contributed by atoms with Crippen LogP contribution in [0.1, 0.15) is 27.4 Å². The largest absolute Gasteiger partial charge is 0.309 e. The summed E-state index contributed by atoms with van der Waals surface area (Å²) in [4.78, 5) is 24.5. The van der Waals surface area contributed by atoms with Crippen LogP contribution in [-0.2, 0) is 4.79 Å². The second-order valence-corrected chi connectivity index (χ2v) is 4.76. The summed E-state index contributed by atoms with van der Waals surface area (Å²) in [5.74, 6) is -0.966. The Morgan fingerprint density at radius 3 is 2.53 bits per heavy atom. The lowest BCUT2D eigenvalue weighted by Crippen LogP contribution is -2.38. The molecule has 1 amide bonds. The van der Waals surface area contributed by atoms with Crippen LogP contribution in [0.15, 0.2) is 30.5 Å². The van der Waals surface area contributed by atoms with Crippen LogP contribution in [0, 0.1) is 13.8 Å². The first-order chi connectivity index (χ1) is 9.08. The third-order valence-electron chi connectivity index (χ3n) is 3.32. The predicted octanol–water partition coefficient (Wildman–Crippen LogP) is 1.88. The summed E-state index contributed by atoms with van der Waals surface area (Å²) in [5, 5.41) is 6.76. The molecule has 96 valence electrons. The minimum Gasteiger partial charge on any atom is -0.309 e. The average Bonchev–Trinajstić information content (AvgIpc) is 2.74. The molecule has 0 spiro atoms. The summed E-state index contributed by atoms with van der Waals surface area (Å²) in [5.41, 5.74) is 2.55. The molecule has 1 unspecified atom stereocenters. The van der Waals surface area contributed by atoms with Gasteiger partial charge in [-0.05, 0) is 19.4 Å². The Balaban J connectivity index is 2.06. The summed E-state index contributed by atoms with van der Waals surface area (Å²) >= 11 is 0. The highest BCUT2D eigenvalue weighted by atomic mass is 16.2. The highest BCUT2D eigenvalue weighted by Gasteiger charge is 2.36. The van der Waals surface area contributed by atoms with E-state index in [0.717, 1.165) is 11.1 Å². The van der Waals surface area contributed by atoms with Gasteiger partial charge in [0.05, 0.1) is 6.20 Å². The van der Waals surface area contributed by atoms with Crippen molar-refractivity contribution < 1.29 is 9.59 Å². The lowest BCUT2D eigenvalue weighted by Gasteiger charge is -2.22. The van der Waals surface area contributed by atoms with Crippen LogP contribution in [0.2, 0.25) is 0 Å². The van der Waals surface area contributed by atoms with E-state index < -0.39 is 5.92 Å². The molecule has 5 nitrogen and oxygen atoms in total. The minimum atomic E-state index is -0.826. The van der Waals surface area contributed by atoms with E-state index in [0.29, 0.717) is 11.4 Å². The Morgan fingerprint density at radius 2 is 1.84 bits per heavy atom. The fourth-order valence-electron chi connectivity index (χ4n) is 2.23. The Hall–Kier alpha value is -2.43. The number of fused-ring (bicyclic) bond motifs is 1. The third kappa shape index (κ3) is 1.74. The fraction of sp³-hybridized carbons (Fsp3) is 0.214. The van der Waals surface area contributed by atoms with Gasteiger partial charge < -0.3 is 5.32 Å². The standard InChI is InChI=1S/C14H13N3O2/c1-8-3-5-10(6-4-8)11-13(18)16-12-9(2)7-15-17(12)14(11)19/h3-7,11H,1-2H3,(H,16,18). The van der Waals surface area contributed by atoms with Gasteiger partial charge >= 0.3 is 0 Å². The maximum atomic E-state index is 12.4. The summed E-state index contributed by atoms with van der Waals surface area (Å²) in [6.45, 7) is 3.76. The van der Waals surface area contributed by atoms with Crippen molar-refractivity contribution in [1.29, 1.82) is 0 Å². The van der Waals surface area contributed by atoms with Crippen LogP contribution in [0.3, 0.4) is 0 Å². The van der Waals surface area contributed by atoms with E-state index in [1.54, 1.807) is 25.3 Å². The maximum Gasteiger partial charge on any atom is 0.265 e. The Morgan fingerprint density at radius 1 is 1.16 bits per heavy atom. The van der Waals surface area contributed by atoms with Crippen molar-refractivity contribution in [2.75, 3.05) is 5.32 Å². The summed E-state index contributed by atoms with van der Waals surface area (Å²) in [6, 6.07) is 7.39. The molecule has 1 aromatic heterocycles. The van der Waals surface area contributed by atoms with Gasteiger partial charge in [-0.2, -0.15) is 9.78 Å². The molecule has 19 heavy (non-hydrogen) atoms. The normalized spacial score (nSPS) is 18.1. The zero-order valence-corrected chi connectivity index (χ0v) is 10.7. The number of amides is 1. The molecule has 1 aliphatic heterocycles. The van der Waals surface area contributed by atoms with Gasteiger partial charge in [0.25, 0.3) is 5.91 Å². The van der Waals surface area contributed by atoms with Gasteiger partial charge in [0, 0.05) is 5.56 Å². The first-order valence-electron chi connectivity index (χ1n) is 6.04. The lowest BCUT2D eigenvalue weighted by molar-refractivity contribution is -0.117. The van der Waals surface area contributed by atoms with E-state index >= 15 is 0 Å². The number of nitrogens with zero attached hydrogens (tertiary/aromatic N) is 2. The molecule has 5 heteroatoms. The molecule has 0 aliphatic carbocycles. The first-order valence-corrected chi connectivity index (χ1v) is 6.04. The number of carbonyl (C=O) groups excluding carboxylic acids is 2. The number of hydrogen-bond donors (Lipinski definition) is 1. The Kier molecular flexibility index (Phi) is 2.48. The third-order valence-corrected chi connectivity index (χ3v) is 3.32. The quantitative estimate of drug-likeness (QED) is 0.791. The molecule has 3 rings (SSSR count). The highest BCUT2D eigenvalue weighted by molar-refractivity contribution is 6.15. The fourth-order valence-corrected chi connectivity index (χ4v) is 2.23. The molecular weight excluding hydrogens is 242 g/mol.